The maximum atomic E-state index is 12.9. The summed E-state index contributed by atoms with van der Waals surface area (Å²) in [6, 6.07) is 17.4. The van der Waals surface area contributed by atoms with E-state index in [0.29, 0.717) is 13.0 Å². The summed E-state index contributed by atoms with van der Waals surface area (Å²) in [6.07, 6.45) is 2.23. The fourth-order valence-corrected chi connectivity index (χ4v) is 3.56. The number of rotatable bonds is 7. The topological polar surface area (TPSA) is 74.8 Å². The second kappa shape index (κ2) is 11.6. The molecule has 0 aromatic heterocycles. The Morgan fingerprint density at radius 2 is 1.66 bits per heavy atom. The van der Waals surface area contributed by atoms with Gasteiger partial charge in [-0.3, -0.25) is 9.59 Å². The number of aryl methyl sites for hydroxylation is 1. The van der Waals surface area contributed by atoms with Crippen LogP contribution in [-0.4, -0.2) is 30.9 Å². The average Bonchev–Trinajstić information content (AvgIpc) is 2.74. The predicted molar refractivity (Wildman–Crippen MR) is 109 cm³/mol. The number of carbonyl (C=O) groups is 2. The molecule has 0 saturated carbocycles. The summed E-state index contributed by atoms with van der Waals surface area (Å²) in [6.45, 7) is 4.44. The van der Waals surface area contributed by atoms with Crippen LogP contribution in [0, 0.1) is 12.8 Å². The van der Waals surface area contributed by atoms with Crippen LogP contribution in [0.1, 0.15) is 29.5 Å². The monoisotopic (exact) mass is 415 g/mol. The van der Waals surface area contributed by atoms with Gasteiger partial charge >= 0.3 is 0 Å². The highest BCUT2D eigenvalue weighted by molar-refractivity contribution is 5.88. The number of amides is 2. The van der Waals surface area contributed by atoms with Crippen molar-refractivity contribution in [2.24, 2.45) is 5.92 Å². The molecule has 5 nitrogen and oxygen atoms in total. The molecule has 1 saturated heterocycles. The molecule has 0 spiro atoms. The summed E-state index contributed by atoms with van der Waals surface area (Å²) < 4.78 is 0. The number of nitrogens with one attached hydrogen (secondary N) is 2. The number of halogens is 1. The number of nitrogens with two attached hydrogens (primary N) is 1. The molecule has 0 radical (unpaired) electrons. The normalized spacial score (nSPS) is 15.1. The van der Waals surface area contributed by atoms with Gasteiger partial charge in [0.05, 0.1) is 13.1 Å². The molecule has 2 aromatic carbocycles. The SMILES string of the molecule is Cc1ccc(CNC(=O)[C@H](Cc2ccccc2)NC(=O)C2CC[NH2+]CC2)cc1.[Cl-]. The maximum Gasteiger partial charge on any atom is 0.243 e. The highest BCUT2D eigenvalue weighted by Gasteiger charge is 2.27. The minimum Gasteiger partial charge on any atom is -1.00 e. The molecule has 2 aromatic rings. The average molecular weight is 416 g/mol. The number of hydrogen-bond donors (Lipinski definition) is 3. The van der Waals surface area contributed by atoms with Gasteiger partial charge < -0.3 is 28.4 Å². The van der Waals surface area contributed by atoms with E-state index < -0.39 is 6.04 Å². The summed E-state index contributed by atoms with van der Waals surface area (Å²) in [5.41, 5.74) is 3.27. The summed E-state index contributed by atoms with van der Waals surface area (Å²) in [5.74, 6) is -0.132. The van der Waals surface area contributed by atoms with Gasteiger partial charge in [-0.1, -0.05) is 60.2 Å². The molecule has 0 unspecified atom stereocenters. The van der Waals surface area contributed by atoms with E-state index in [9.17, 15) is 9.59 Å². The molecule has 156 valence electrons. The molecular formula is C23H30ClN3O2. The van der Waals surface area contributed by atoms with Crippen molar-refractivity contribution in [2.45, 2.75) is 38.8 Å². The third kappa shape index (κ3) is 7.18. The molecule has 1 aliphatic heterocycles. The second-order valence-corrected chi connectivity index (χ2v) is 7.59. The zero-order valence-electron chi connectivity index (χ0n) is 16.9. The molecule has 1 fully saturated rings. The second-order valence-electron chi connectivity index (χ2n) is 7.59. The van der Waals surface area contributed by atoms with Crippen LogP contribution in [-0.2, 0) is 22.6 Å². The van der Waals surface area contributed by atoms with E-state index in [1.54, 1.807) is 0 Å². The van der Waals surface area contributed by atoms with Crippen LogP contribution >= 0.6 is 0 Å². The van der Waals surface area contributed by atoms with Crippen LogP contribution in [0.15, 0.2) is 54.6 Å². The van der Waals surface area contributed by atoms with Gasteiger partial charge in [-0.15, -0.1) is 0 Å². The van der Waals surface area contributed by atoms with Crippen molar-refractivity contribution in [3.05, 3.63) is 71.3 Å². The fraction of sp³-hybridized carbons (Fsp3) is 0.391. The third-order valence-corrected chi connectivity index (χ3v) is 5.31. The number of carbonyl (C=O) groups excluding carboxylic acids is 2. The Balaban J connectivity index is 0.00000300. The lowest BCUT2D eigenvalue weighted by atomic mass is 9.96. The molecule has 0 bridgehead atoms. The summed E-state index contributed by atoms with van der Waals surface area (Å²) in [4.78, 5) is 25.6. The number of hydrogen-bond acceptors (Lipinski definition) is 2. The number of quaternary nitrogens is 1. The van der Waals surface area contributed by atoms with E-state index in [4.69, 9.17) is 0 Å². The Bertz CT molecular complexity index is 774. The van der Waals surface area contributed by atoms with Crippen molar-refractivity contribution in [2.75, 3.05) is 13.1 Å². The van der Waals surface area contributed by atoms with Gasteiger partial charge in [0.15, 0.2) is 0 Å². The highest BCUT2D eigenvalue weighted by atomic mass is 35.5. The van der Waals surface area contributed by atoms with Gasteiger partial charge in [-0.2, -0.15) is 0 Å². The smallest absolute Gasteiger partial charge is 0.243 e. The summed E-state index contributed by atoms with van der Waals surface area (Å²) in [7, 11) is 0. The first-order valence-electron chi connectivity index (χ1n) is 10.1. The zero-order valence-corrected chi connectivity index (χ0v) is 17.6. The summed E-state index contributed by atoms with van der Waals surface area (Å²) >= 11 is 0. The van der Waals surface area contributed by atoms with Crippen molar-refractivity contribution in [1.29, 1.82) is 0 Å². The van der Waals surface area contributed by atoms with E-state index in [2.05, 4.69) is 16.0 Å². The molecule has 0 aliphatic carbocycles. The van der Waals surface area contributed by atoms with E-state index in [0.717, 1.165) is 37.1 Å². The minimum atomic E-state index is -0.564. The van der Waals surface area contributed by atoms with Gasteiger partial charge in [-0.25, -0.2) is 0 Å². The van der Waals surface area contributed by atoms with Gasteiger partial charge in [0.2, 0.25) is 11.8 Å². The van der Waals surface area contributed by atoms with E-state index in [1.165, 1.54) is 5.56 Å². The van der Waals surface area contributed by atoms with E-state index in [-0.39, 0.29) is 30.1 Å². The molecule has 1 heterocycles. The van der Waals surface area contributed by atoms with Crippen molar-refractivity contribution in [3.8, 4) is 0 Å². The Morgan fingerprint density at radius 1 is 1.00 bits per heavy atom. The van der Waals surface area contributed by atoms with Crippen LogP contribution < -0.4 is 28.4 Å². The molecule has 1 aliphatic rings. The lowest BCUT2D eigenvalue weighted by Gasteiger charge is -2.24. The van der Waals surface area contributed by atoms with Crippen LogP contribution in [0.4, 0.5) is 0 Å². The van der Waals surface area contributed by atoms with Crippen LogP contribution in [0.25, 0.3) is 0 Å². The molecule has 29 heavy (non-hydrogen) atoms. The van der Waals surface area contributed by atoms with Crippen molar-refractivity contribution < 1.29 is 27.3 Å². The maximum absolute atomic E-state index is 12.9. The first kappa shape index (κ1) is 22.9. The van der Waals surface area contributed by atoms with E-state index >= 15 is 0 Å². The van der Waals surface area contributed by atoms with Crippen LogP contribution in [0.2, 0.25) is 0 Å². The Kier molecular flexibility index (Phi) is 9.16. The summed E-state index contributed by atoms with van der Waals surface area (Å²) in [5, 5.41) is 8.24. The highest BCUT2D eigenvalue weighted by Crippen LogP contribution is 2.11. The first-order chi connectivity index (χ1) is 13.6. The van der Waals surface area contributed by atoms with Crippen molar-refractivity contribution in [3.63, 3.8) is 0 Å². The van der Waals surface area contributed by atoms with E-state index in [1.807, 2.05) is 61.5 Å². The van der Waals surface area contributed by atoms with Gasteiger partial charge in [0.1, 0.15) is 6.04 Å². The Labute approximate surface area is 179 Å². The van der Waals surface area contributed by atoms with Gasteiger partial charge in [0.25, 0.3) is 0 Å². The lowest BCUT2D eigenvalue weighted by Crippen LogP contribution is -3.00. The molecule has 3 rings (SSSR count). The molecule has 1 atom stereocenters. The molecule has 4 N–H and O–H groups in total. The van der Waals surface area contributed by atoms with Crippen molar-refractivity contribution >= 4 is 11.8 Å². The van der Waals surface area contributed by atoms with Crippen molar-refractivity contribution in [1.82, 2.24) is 10.6 Å². The molecule has 2 amide bonds. The predicted octanol–water partition coefficient (Wildman–Crippen LogP) is -1.68. The van der Waals surface area contributed by atoms with Gasteiger partial charge in [-0.05, 0) is 18.1 Å². The first-order valence-corrected chi connectivity index (χ1v) is 10.1. The number of benzene rings is 2. The third-order valence-electron chi connectivity index (χ3n) is 5.31. The molecule has 6 heteroatoms. The largest absolute Gasteiger partial charge is 1.00 e. The standard InChI is InChI=1S/C23H29N3O2.ClH/c1-17-7-9-19(10-8-17)16-25-23(28)21(15-18-5-3-2-4-6-18)26-22(27)20-11-13-24-14-12-20;/h2-10,20-21,24H,11-16H2,1H3,(H,25,28)(H,26,27);1H/t21-;/m0./s1. The quantitative estimate of drug-likeness (QED) is 0.505. The lowest BCUT2D eigenvalue weighted by molar-refractivity contribution is -0.664. The molecular weight excluding hydrogens is 386 g/mol. The van der Waals surface area contributed by atoms with Gasteiger partial charge in [0, 0.05) is 31.7 Å². The fourth-order valence-electron chi connectivity index (χ4n) is 3.56. The zero-order chi connectivity index (χ0) is 19.8. The van der Waals surface area contributed by atoms with Crippen LogP contribution in [0.5, 0.6) is 0 Å². The minimum absolute atomic E-state index is 0. The Morgan fingerprint density at radius 3 is 2.31 bits per heavy atom. The number of piperidine rings is 1. The Hall–Kier alpha value is -2.37. The van der Waals surface area contributed by atoms with Crippen LogP contribution in [0.3, 0.4) is 0 Å².